The zero-order valence-electron chi connectivity index (χ0n) is 10.5. The molecule has 0 unspecified atom stereocenters. The van der Waals surface area contributed by atoms with Crippen LogP contribution in [-0.4, -0.2) is 10.2 Å². The minimum absolute atomic E-state index is 0.190. The summed E-state index contributed by atoms with van der Waals surface area (Å²) in [5.74, 6) is 0.229. The van der Waals surface area contributed by atoms with Gasteiger partial charge in [0, 0.05) is 5.56 Å². The Morgan fingerprint density at radius 1 is 1.16 bits per heavy atom. The first-order valence-corrected chi connectivity index (χ1v) is 5.94. The first-order chi connectivity index (χ1) is 9.06. The maximum absolute atomic E-state index is 13.1. The van der Waals surface area contributed by atoms with E-state index in [2.05, 4.69) is 0 Å². The van der Waals surface area contributed by atoms with Crippen molar-refractivity contribution in [2.45, 2.75) is 19.6 Å². The summed E-state index contributed by atoms with van der Waals surface area (Å²) >= 11 is 0. The smallest absolute Gasteiger partial charge is 0.125 e. The molecule has 0 saturated heterocycles. The fraction of sp³-hybridized carbons (Fsp3) is 0.200. The molecular formula is C15H15FO3. The van der Waals surface area contributed by atoms with Gasteiger partial charge in [0.05, 0.1) is 6.10 Å². The van der Waals surface area contributed by atoms with Crippen LogP contribution in [0.5, 0.6) is 11.5 Å². The topological polar surface area (TPSA) is 49.7 Å². The number of aliphatic hydroxyl groups excluding tert-OH is 1. The zero-order valence-corrected chi connectivity index (χ0v) is 10.5. The van der Waals surface area contributed by atoms with Crippen LogP contribution in [0.3, 0.4) is 0 Å². The molecular weight excluding hydrogens is 247 g/mol. The summed E-state index contributed by atoms with van der Waals surface area (Å²) in [7, 11) is 0. The Morgan fingerprint density at radius 3 is 2.47 bits per heavy atom. The van der Waals surface area contributed by atoms with Gasteiger partial charge in [0.15, 0.2) is 0 Å². The molecule has 0 bridgehead atoms. The van der Waals surface area contributed by atoms with Gasteiger partial charge in [-0.15, -0.1) is 0 Å². The first kappa shape index (κ1) is 13.4. The lowest BCUT2D eigenvalue weighted by molar-refractivity contribution is 0.189. The van der Waals surface area contributed by atoms with Crippen LogP contribution in [0, 0.1) is 5.82 Å². The van der Waals surface area contributed by atoms with Gasteiger partial charge in [-0.25, -0.2) is 4.39 Å². The number of aliphatic hydroxyl groups is 1. The molecule has 2 aromatic rings. The van der Waals surface area contributed by atoms with E-state index in [4.69, 9.17) is 4.74 Å². The fourth-order valence-electron chi connectivity index (χ4n) is 1.73. The summed E-state index contributed by atoms with van der Waals surface area (Å²) in [6, 6.07) is 10.7. The molecule has 19 heavy (non-hydrogen) atoms. The van der Waals surface area contributed by atoms with Crippen LogP contribution in [-0.2, 0) is 6.61 Å². The van der Waals surface area contributed by atoms with E-state index in [1.54, 1.807) is 31.2 Å². The van der Waals surface area contributed by atoms with Gasteiger partial charge in [-0.3, -0.25) is 0 Å². The third-order valence-electron chi connectivity index (χ3n) is 2.75. The molecule has 0 saturated carbocycles. The number of phenols is 1. The van der Waals surface area contributed by atoms with Crippen molar-refractivity contribution in [3.8, 4) is 11.5 Å². The van der Waals surface area contributed by atoms with Crippen molar-refractivity contribution in [2.24, 2.45) is 0 Å². The lowest BCUT2D eigenvalue weighted by Gasteiger charge is -2.13. The monoisotopic (exact) mass is 262 g/mol. The summed E-state index contributed by atoms with van der Waals surface area (Å²) in [5, 5.41) is 18.8. The van der Waals surface area contributed by atoms with Crippen molar-refractivity contribution in [2.75, 3.05) is 0 Å². The predicted molar refractivity (Wildman–Crippen MR) is 69.5 cm³/mol. The summed E-state index contributed by atoms with van der Waals surface area (Å²) in [6.45, 7) is 1.84. The Morgan fingerprint density at radius 2 is 1.84 bits per heavy atom. The Labute approximate surface area is 110 Å². The molecule has 0 amide bonds. The van der Waals surface area contributed by atoms with Gasteiger partial charge in [-0.1, -0.05) is 12.1 Å². The lowest BCUT2D eigenvalue weighted by atomic mass is 10.1. The van der Waals surface area contributed by atoms with Crippen LogP contribution in [0.25, 0.3) is 0 Å². The highest BCUT2D eigenvalue weighted by atomic mass is 19.1. The van der Waals surface area contributed by atoms with Crippen LogP contribution in [0.2, 0.25) is 0 Å². The number of halogens is 1. The predicted octanol–water partition coefficient (Wildman–Crippen LogP) is 3.16. The third kappa shape index (κ3) is 3.45. The summed E-state index contributed by atoms with van der Waals surface area (Å²) in [5.41, 5.74) is 1.29. The highest BCUT2D eigenvalue weighted by molar-refractivity contribution is 5.36. The summed E-state index contributed by atoms with van der Waals surface area (Å²) in [6.07, 6.45) is -0.800. The maximum Gasteiger partial charge on any atom is 0.125 e. The Bertz CT molecular complexity index is 550. The molecule has 0 fully saturated rings. The van der Waals surface area contributed by atoms with Crippen molar-refractivity contribution in [1.29, 1.82) is 0 Å². The van der Waals surface area contributed by atoms with Gasteiger partial charge in [0.25, 0.3) is 0 Å². The summed E-state index contributed by atoms with van der Waals surface area (Å²) in [4.78, 5) is 0. The largest absolute Gasteiger partial charge is 0.508 e. The van der Waals surface area contributed by atoms with Gasteiger partial charge >= 0.3 is 0 Å². The average Bonchev–Trinajstić information content (AvgIpc) is 2.39. The van der Waals surface area contributed by atoms with Gasteiger partial charge in [-0.05, 0) is 42.8 Å². The van der Waals surface area contributed by atoms with Gasteiger partial charge in [-0.2, -0.15) is 0 Å². The van der Waals surface area contributed by atoms with Crippen molar-refractivity contribution >= 4 is 0 Å². The van der Waals surface area contributed by atoms with E-state index in [9.17, 15) is 14.6 Å². The third-order valence-corrected chi connectivity index (χ3v) is 2.75. The Hall–Kier alpha value is -2.07. The quantitative estimate of drug-likeness (QED) is 0.889. The zero-order chi connectivity index (χ0) is 13.8. The minimum Gasteiger partial charge on any atom is -0.508 e. The van der Waals surface area contributed by atoms with Crippen molar-refractivity contribution < 1.29 is 19.3 Å². The molecule has 0 radical (unpaired) electrons. The van der Waals surface area contributed by atoms with Crippen LogP contribution in [0.1, 0.15) is 24.2 Å². The van der Waals surface area contributed by atoms with E-state index in [0.29, 0.717) is 11.3 Å². The molecule has 0 aromatic heterocycles. The van der Waals surface area contributed by atoms with Crippen LogP contribution in [0.4, 0.5) is 4.39 Å². The molecule has 1 atom stereocenters. The number of hydrogen-bond donors (Lipinski definition) is 2. The van der Waals surface area contributed by atoms with E-state index >= 15 is 0 Å². The number of hydrogen-bond acceptors (Lipinski definition) is 3. The lowest BCUT2D eigenvalue weighted by Crippen LogP contribution is -2.01. The van der Waals surface area contributed by atoms with Gasteiger partial charge in [0.2, 0.25) is 0 Å². The molecule has 2 aromatic carbocycles. The highest BCUT2D eigenvalue weighted by Gasteiger charge is 2.10. The fourth-order valence-corrected chi connectivity index (χ4v) is 1.73. The van der Waals surface area contributed by atoms with E-state index in [-0.39, 0.29) is 12.4 Å². The van der Waals surface area contributed by atoms with Crippen molar-refractivity contribution in [1.82, 2.24) is 0 Å². The second kappa shape index (κ2) is 5.71. The average molecular weight is 262 g/mol. The number of ether oxygens (including phenoxy) is 1. The molecule has 0 heterocycles. The normalized spacial score (nSPS) is 12.2. The molecule has 3 nitrogen and oxygen atoms in total. The molecule has 2 rings (SSSR count). The molecule has 0 aliphatic rings. The number of benzene rings is 2. The van der Waals surface area contributed by atoms with E-state index in [1.165, 1.54) is 18.2 Å². The molecule has 0 aliphatic carbocycles. The van der Waals surface area contributed by atoms with E-state index in [1.807, 2.05) is 0 Å². The molecule has 100 valence electrons. The SMILES string of the molecule is C[C@H](O)c1cc(F)ccc1OCc1ccc(O)cc1. The minimum atomic E-state index is -0.800. The second-order valence-electron chi connectivity index (χ2n) is 4.31. The molecule has 0 spiro atoms. The van der Waals surface area contributed by atoms with Crippen molar-refractivity contribution in [3.63, 3.8) is 0 Å². The maximum atomic E-state index is 13.1. The van der Waals surface area contributed by atoms with Crippen molar-refractivity contribution in [3.05, 3.63) is 59.4 Å². The standard InChI is InChI=1S/C15H15FO3/c1-10(17)14-8-12(16)4-7-15(14)19-9-11-2-5-13(18)6-3-11/h2-8,10,17-18H,9H2,1H3/t10-/m0/s1. The number of phenolic OH excluding ortho intramolecular Hbond substituents is 1. The highest BCUT2D eigenvalue weighted by Crippen LogP contribution is 2.26. The molecule has 4 heteroatoms. The molecule has 2 N–H and O–H groups in total. The van der Waals surface area contributed by atoms with Crippen LogP contribution in [0.15, 0.2) is 42.5 Å². The second-order valence-corrected chi connectivity index (χ2v) is 4.31. The molecule has 0 aliphatic heterocycles. The van der Waals surface area contributed by atoms with E-state index < -0.39 is 11.9 Å². The summed E-state index contributed by atoms with van der Waals surface area (Å²) < 4.78 is 18.7. The van der Waals surface area contributed by atoms with Crippen LogP contribution < -0.4 is 4.74 Å². The Balaban J connectivity index is 2.13. The van der Waals surface area contributed by atoms with Gasteiger partial charge < -0.3 is 14.9 Å². The van der Waals surface area contributed by atoms with E-state index in [0.717, 1.165) is 5.56 Å². The first-order valence-electron chi connectivity index (χ1n) is 5.94. The van der Waals surface area contributed by atoms with Gasteiger partial charge in [0.1, 0.15) is 23.9 Å². The number of rotatable bonds is 4. The van der Waals surface area contributed by atoms with Crippen LogP contribution >= 0.6 is 0 Å². The Kier molecular flexibility index (Phi) is 4.02. The number of aromatic hydroxyl groups is 1.